The second kappa shape index (κ2) is 6.10. The fraction of sp³-hybridized carbons (Fsp3) is 0.600. The van der Waals surface area contributed by atoms with Gasteiger partial charge >= 0.3 is 0 Å². The number of hydrogen-bond acceptors (Lipinski definition) is 4. The van der Waals surface area contributed by atoms with Crippen LogP contribution in [0.1, 0.15) is 43.9 Å². The van der Waals surface area contributed by atoms with Crippen molar-refractivity contribution in [3.63, 3.8) is 0 Å². The molecule has 0 bridgehead atoms. The van der Waals surface area contributed by atoms with Crippen molar-refractivity contribution in [3.05, 3.63) is 17.5 Å². The molecule has 0 spiro atoms. The summed E-state index contributed by atoms with van der Waals surface area (Å²) in [7, 11) is 0. The van der Waals surface area contributed by atoms with E-state index in [0.29, 0.717) is 17.7 Å². The summed E-state index contributed by atoms with van der Waals surface area (Å²) >= 11 is 0. The van der Waals surface area contributed by atoms with Crippen LogP contribution >= 0.6 is 0 Å². The van der Waals surface area contributed by atoms with E-state index in [1.54, 1.807) is 13.0 Å². The molecular formula is C15H21N3O2. The van der Waals surface area contributed by atoms with E-state index in [0.717, 1.165) is 13.1 Å². The van der Waals surface area contributed by atoms with Gasteiger partial charge in [-0.2, -0.15) is 0 Å². The van der Waals surface area contributed by atoms with Crippen LogP contribution in [0.15, 0.2) is 10.6 Å². The molecule has 1 amide bonds. The van der Waals surface area contributed by atoms with E-state index in [9.17, 15) is 4.79 Å². The highest BCUT2D eigenvalue weighted by Crippen LogP contribution is 2.19. The average Bonchev–Trinajstić information content (AvgIpc) is 2.98. The number of likely N-dealkylation sites (tertiary alicyclic amines) is 1. The normalized spacial score (nSPS) is 22.6. The Kier molecular flexibility index (Phi) is 4.46. The molecule has 1 aromatic rings. The van der Waals surface area contributed by atoms with E-state index >= 15 is 0 Å². The van der Waals surface area contributed by atoms with Gasteiger partial charge in [0.25, 0.3) is 5.91 Å². The second-order valence-corrected chi connectivity index (χ2v) is 5.56. The summed E-state index contributed by atoms with van der Waals surface area (Å²) in [5.74, 6) is 6.11. The molecule has 5 heteroatoms. The van der Waals surface area contributed by atoms with E-state index in [1.165, 1.54) is 0 Å². The topological polar surface area (TPSA) is 58.4 Å². The van der Waals surface area contributed by atoms with Crippen molar-refractivity contribution >= 4 is 5.91 Å². The Labute approximate surface area is 119 Å². The van der Waals surface area contributed by atoms with Gasteiger partial charge in [-0.05, 0) is 32.6 Å². The Morgan fingerprint density at radius 1 is 1.55 bits per heavy atom. The Bertz CT molecular complexity index is 539. The highest BCUT2D eigenvalue weighted by molar-refractivity contribution is 5.92. The van der Waals surface area contributed by atoms with Crippen molar-refractivity contribution in [3.8, 4) is 11.8 Å². The number of carbonyl (C=O) groups is 1. The lowest BCUT2D eigenvalue weighted by atomic mass is 10.1. The Morgan fingerprint density at radius 3 is 2.90 bits per heavy atom. The summed E-state index contributed by atoms with van der Waals surface area (Å²) in [6, 6.07) is 2.23. The van der Waals surface area contributed by atoms with Crippen molar-refractivity contribution in [1.29, 1.82) is 0 Å². The molecule has 20 heavy (non-hydrogen) atoms. The standard InChI is InChI=1S/C15H21N3O2/c1-5-6-12-7-13(17-20-12)15(19)16-14-9-18(10(2)3)8-11(14)4/h7,10-11,14H,8-9H2,1-4H3,(H,16,19). The van der Waals surface area contributed by atoms with Gasteiger partial charge in [-0.1, -0.05) is 18.0 Å². The molecule has 108 valence electrons. The molecule has 1 saturated heterocycles. The van der Waals surface area contributed by atoms with Gasteiger partial charge in [0.2, 0.25) is 5.76 Å². The predicted octanol–water partition coefficient (Wildman–Crippen LogP) is 1.50. The van der Waals surface area contributed by atoms with E-state index in [4.69, 9.17) is 4.52 Å². The maximum absolute atomic E-state index is 12.1. The Balaban J connectivity index is 1.98. The fourth-order valence-electron chi connectivity index (χ4n) is 2.42. The monoisotopic (exact) mass is 275 g/mol. The van der Waals surface area contributed by atoms with Crippen LogP contribution < -0.4 is 5.32 Å². The minimum Gasteiger partial charge on any atom is -0.347 e. The zero-order valence-electron chi connectivity index (χ0n) is 12.4. The summed E-state index contributed by atoms with van der Waals surface area (Å²) in [4.78, 5) is 14.5. The van der Waals surface area contributed by atoms with Crippen LogP contribution in [-0.2, 0) is 0 Å². The van der Waals surface area contributed by atoms with Crippen molar-refractivity contribution in [2.24, 2.45) is 5.92 Å². The highest BCUT2D eigenvalue weighted by Gasteiger charge is 2.32. The van der Waals surface area contributed by atoms with E-state index < -0.39 is 0 Å². The minimum atomic E-state index is -0.194. The third kappa shape index (κ3) is 3.20. The maximum Gasteiger partial charge on any atom is 0.273 e. The number of aromatic nitrogens is 1. The first-order valence-corrected chi connectivity index (χ1v) is 6.95. The molecule has 0 saturated carbocycles. The van der Waals surface area contributed by atoms with Crippen LogP contribution in [0.4, 0.5) is 0 Å². The van der Waals surface area contributed by atoms with Gasteiger partial charge in [0.15, 0.2) is 5.69 Å². The molecule has 2 atom stereocenters. The van der Waals surface area contributed by atoms with Crippen LogP contribution in [-0.4, -0.2) is 41.1 Å². The number of amides is 1. The number of rotatable bonds is 3. The Hall–Kier alpha value is -1.80. The highest BCUT2D eigenvalue weighted by atomic mass is 16.5. The number of nitrogens with zero attached hydrogens (tertiary/aromatic N) is 2. The number of nitrogens with one attached hydrogen (secondary N) is 1. The summed E-state index contributed by atoms with van der Waals surface area (Å²) in [5, 5.41) is 6.79. The molecule has 2 heterocycles. The molecule has 0 aromatic carbocycles. The molecule has 2 rings (SSSR count). The van der Waals surface area contributed by atoms with E-state index in [-0.39, 0.29) is 17.6 Å². The molecule has 0 radical (unpaired) electrons. The van der Waals surface area contributed by atoms with Gasteiger partial charge in [-0.3, -0.25) is 9.69 Å². The van der Waals surface area contributed by atoms with Crippen LogP contribution in [0.5, 0.6) is 0 Å². The molecule has 5 nitrogen and oxygen atoms in total. The predicted molar refractivity (Wildman–Crippen MR) is 76.2 cm³/mol. The van der Waals surface area contributed by atoms with Crippen LogP contribution in [0.3, 0.4) is 0 Å². The smallest absolute Gasteiger partial charge is 0.273 e. The third-order valence-electron chi connectivity index (χ3n) is 3.68. The SMILES string of the molecule is CC#Cc1cc(C(=O)NC2CN(C(C)C)CC2C)no1. The molecular weight excluding hydrogens is 254 g/mol. The number of hydrogen-bond donors (Lipinski definition) is 1. The third-order valence-corrected chi connectivity index (χ3v) is 3.68. The van der Waals surface area contributed by atoms with Crippen LogP contribution in [0.2, 0.25) is 0 Å². The first kappa shape index (κ1) is 14.6. The summed E-state index contributed by atoms with van der Waals surface area (Å²) in [6.45, 7) is 10.1. The minimum absolute atomic E-state index is 0.155. The first-order chi connectivity index (χ1) is 9.51. The lowest BCUT2D eigenvalue weighted by Gasteiger charge is -2.20. The molecule has 1 aliphatic rings. The van der Waals surface area contributed by atoms with Gasteiger partial charge in [-0.25, -0.2) is 0 Å². The largest absolute Gasteiger partial charge is 0.347 e. The molecule has 0 aliphatic carbocycles. The second-order valence-electron chi connectivity index (χ2n) is 5.56. The molecule has 1 aromatic heterocycles. The van der Waals surface area contributed by atoms with Gasteiger partial charge in [0.1, 0.15) is 0 Å². The van der Waals surface area contributed by atoms with Gasteiger partial charge < -0.3 is 9.84 Å². The zero-order chi connectivity index (χ0) is 14.7. The molecule has 1 N–H and O–H groups in total. The zero-order valence-corrected chi connectivity index (χ0v) is 12.4. The molecule has 1 aliphatic heterocycles. The van der Waals surface area contributed by atoms with E-state index in [2.05, 4.69) is 48.0 Å². The van der Waals surface area contributed by atoms with Crippen molar-refractivity contribution in [2.75, 3.05) is 13.1 Å². The molecule has 1 fully saturated rings. The number of carbonyl (C=O) groups excluding carboxylic acids is 1. The lowest BCUT2D eigenvalue weighted by molar-refractivity contribution is 0.0921. The average molecular weight is 275 g/mol. The summed E-state index contributed by atoms with van der Waals surface area (Å²) < 4.78 is 4.98. The quantitative estimate of drug-likeness (QED) is 0.849. The lowest BCUT2D eigenvalue weighted by Crippen LogP contribution is -2.40. The Morgan fingerprint density at radius 2 is 2.30 bits per heavy atom. The summed E-state index contributed by atoms with van der Waals surface area (Å²) in [5.41, 5.74) is 0.290. The van der Waals surface area contributed by atoms with Crippen LogP contribution in [0, 0.1) is 17.8 Å². The van der Waals surface area contributed by atoms with Gasteiger partial charge in [0.05, 0.1) is 0 Å². The van der Waals surface area contributed by atoms with Crippen molar-refractivity contribution in [1.82, 2.24) is 15.4 Å². The van der Waals surface area contributed by atoms with E-state index in [1.807, 2.05) is 0 Å². The van der Waals surface area contributed by atoms with Crippen molar-refractivity contribution < 1.29 is 9.32 Å². The van der Waals surface area contributed by atoms with Crippen LogP contribution in [0.25, 0.3) is 0 Å². The van der Waals surface area contributed by atoms with Gasteiger partial charge in [-0.15, -0.1) is 0 Å². The van der Waals surface area contributed by atoms with Crippen molar-refractivity contribution in [2.45, 2.75) is 39.8 Å². The maximum atomic E-state index is 12.1. The fourth-order valence-corrected chi connectivity index (χ4v) is 2.42. The molecule has 2 unspecified atom stereocenters. The van der Waals surface area contributed by atoms with Gasteiger partial charge in [0, 0.05) is 31.2 Å². The summed E-state index contributed by atoms with van der Waals surface area (Å²) in [6.07, 6.45) is 0. The first-order valence-electron chi connectivity index (χ1n) is 6.95.